The summed E-state index contributed by atoms with van der Waals surface area (Å²) in [6.07, 6.45) is 0. The van der Waals surface area contributed by atoms with E-state index in [0.717, 1.165) is 0 Å². The van der Waals surface area contributed by atoms with Gasteiger partial charge in [-0.15, -0.1) is 0 Å². The molecular weight excluding hydrogens is 205 g/mol. The van der Waals surface area contributed by atoms with Crippen molar-refractivity contribution in [1.29, 1.82) is 0 Å². The van der Waals surface area contributed by atoms with Crippen LogP contribution < -0.4 is 0 Å². The molecule has 5 heavy (non-hydrogen) atoms. The van der Waals surface area contributed by atoms with Gasteiger partial charge < -0.3 is 0 Å². The molecule has 0 heterocycles. The van der Waals surface area contributed by atoms with Crippen LogP contribution in [0, 0.1) is 0 Å². The molecule has 38 valence electrons. The van der Waals surface area contributed by atoms with Gasteiger partial charge in [0, 0.05) is 0 Å². The zero-order chi connectivity index (χ0) is 4.71. The van der Waals surface area contributed by atoms with Crippen molar-refractivity contribution in [3.63, 3.8) is 0 Å². The number of rotatable bonds is 0. The minimum absolute atomic E-state index is 0.382. The summed E-state index contributed by atoms with van der Waals surface area (Å²) >= 11 is 2.69. The summed E-state index contributed by atoms with van der Waals surface area (Å²) < 4.78 is 7.94. The van der Waals surface area contributed by atoms with E-state index in [1.165, 1.54) is 0 Å². The molecule has 5 heteroatoms. The fraction of sp³-hybridized carbons (Fsp3) is 0. The molecule has 0 unspecified atom stereocenters. The number of hydrogen-bond donors (Lipinski definition) is 0. The maximum atomic E-state index is 7.94. The predicted molar refractivity (Wildman–Crippen MR) is 12.4 cm³/mol. The van der Waals surface area contributed by atoms with Crippen molar-refractivity contribution in [2.75, 3.05) is 0 Å². The summed E-state index contributed by atoms with van der Waals surface area (Å²) in [4.78, 5) is 0. The Bertz CT molecular complexity index is 11.6. The van der Waals surface area contributed by atoms with Gasteiger partial charge in [0.15, 0.2) is 0 Å². The monoisotopic (exact) mass is 204 g/mol. The van der Waals surface area contributed by atoms with E-state index < -0.39 is 0 Å². The van der Waals surface area contributed by atoms with Crippen molar-refractivity contribution in [2.45, 2.75) is 0 Å². The topological polar surface area (TPSA) is 17.1 Å². The minimum atomic E-state index is 0.382. The Morgan fingerprint density at radius 1 is 1.40 bits per heavy atom. The molecule has 0 N–H and O–H groups in total. The predicted octanol–water partition coefficient (Wildman–Crippen LogP) is 1.26. The summed E-state index contributed by atoms with van der Waals surface area (Å²) in [6, 6.07) is 0. The van der Waals surface area contributed by atoms with Crippen molar-refractivity contribution in [3.05, 3.63) is 0 Å². The molecule has 0 rings (SSSR count). The summed E-state index contributed by atoms with van der Waals surface area (Å²) in [5.74, 6) is 0. The first kappa shape index (κ1) is 9.63. The van der Waals surface area contributed by atoms with Gasteiger partial charge in [-0.2, -0.15) is 0 Å². The van der Waals surface area contributed by atoms with E-state index in [1.807, 2.05) is 0 Å². The van der Waals surface area contributed by atoms with E-state index in [1.54, 1.807) is 0 Å². The van der Waals surface area contributed by atoms with Crippen LogP contribution in [0.3, 0.4) is 0 Å². The molecule has 0 aliphatic rings. The molecular formula is Cl2Co2O. The van der Waals surface area contributed by atoms with Crippen LogP contribution in [-0.4, -0.2) is 0 Å². The van der Waals surface area contributed by atoms with Gasteiger partial charge in [0.1, 0.15) is 0 Å². The Kier molecular flexibility index (Phi) is 35.0. The van der Waals surface area contributed by atoms with E-state index in [4.69, 9.17) is 24.2 Å². The van der Waals surface area contributed by atoms with E-state index in [0.29, 0.717) is 12.9 Å². The summed E-state index contributed by atoms with van der Waals surface area (Å²) in [7, 11) is 9.47. The second-order valence-electron chi connectivity index (χ2n) is 0.0476. The van der Waals surface area contributed by atoms with Gasteiger partial charge >= 0.3 is 52.7 Å². The quantitative estimate of drug-likeness (QED) is 0.581. The fourth-order valence-electron chi connectivity index (χ4n) is 0. The van der Waals surface area contributed by atoms with E-state index in [-0.39, 0.29) is 0 Å². The van der Waals surface area contributed by atoms with Gasteiger partial charge in [0.2, 0.25) is 0 Å². The molecule has 0 spiro atoms. The van der Waals surface area contributed by atoms with Crippen LogP contribution in [0.4, 0.5) is 0 Å². The molecule has 0 atom stereocenters. The summed E-state index contributed by atoms with van der Waals surface area (Å²) in [5, 5.41) is 0. The molecule has 0 aromatic carbocycles. The zero-order valence-electron chi connectivity index (χ0n) is 1.83. The SMILES string of the molecule is [Cl][Co][Cl].[O]=[Co]. The molecule has 0 radical (unpaired) electrons. The Morgan fingerprint density at radius 3 is 1.40 bits per heavy atom. The molecule has 0 bridgehead atoms. The van der Waals surface area contributed by atoms with Crippen LogP contribution in [0.15, 0.2) is 0 Å². The molecule has 0 aliphatic carbocycles. The molecule has 0 saturated heterocycles. The van der Waals surface area contributed by atoms with Crippen LogP contribution in [0.25, 0.3) is 0 Å². The molecule has 0 aliphatic heterocycles. The van der Waals surface area contributed by atoms with Crippen LogP contribution >= 0.6 is 20.3 Å². The van der Waals surface area contributed by atoms with Crippen molar-refractivity contribution in [2.24, 2.45) is 0 Å². The van der Waals surface area contributed by atoms with Crippen LogP contribution in [0.1, 0.15) is 0 Å². The first-order chi connectivity index (χ1) is 2.41. The molecule has 0 aromatic heterocycles. The van der Waals surface area contributed by atoms with Gasteiger partial charge in [-0.25, -0.2) is 0 Å². The second-order valence-corrected chi connectivity index (χ2v) is 1.77. The molecule has 0 aromatic rings. The van der Waals surface area contributed by atoms with Gasteiger partial charge in [0.25, 0.3) is 0 Å². The van der Waals surface area contributed by atoms with Crippen LogP contribution in [-0.2, 0) is 32.4 Å². The van der Waals surface area contributed by atoms with Crippen LogP contribution in [0.2, 0.25) is 0 Å². The molecule has 0 amide bonds. The normalized spacial score (nSPS) is 5.40. The zero-order valence-corrected chi connectivity index (χ0v) is 5.42. The standard InChI is InChI=1S/2ClH.2Co.O/h2*1H;;;/q;;;+2;/p-2. The van der Waals surface area contributed by atoms with E-state index >= 15 is 0 Å². The van der Waals surface area contributed by atoms with Crippen LogP contribution in [0.5, 0.6) is 0 Å². The fourth-order valence-corrected chi connectivity index (χ4v) is 0. The average molecular weight is 205 g/mol. The van der Waals surface area contributed by atoms with E-state index in [9.17, 15) is 0 Å². The third-order valence-corrected chi connectivity index (χ3v) is 0. The third kappa shape index (κ3) is 32.0. The van der Waals surface area contributed by atoms with Gasteiger partial charge in [-0.3, -0.25) is 0 Å². The Labute approximate surface area is 52.7 Å². The first-order valence-corrected chi connectivity index (χ1v) is 3.68. The van der Waals surface area contributed by atoms with Gasteiger partial charge in [-0.1, -0.05) is 0 Å². The van der Waals surface area contributed by atoms with Crippen molar-refractivity contribution < 1.29 is 32.4 Å². The first-order valence-electron chi connectivity index (χ1n) is 0.388. The Morgan fingerprint density at radius 2 is 1.40 bits per heavy atom. The summed E-state index contributed by atoms with van der Waals surface area (Å²) in [5.41, 5.74) is 0. The van der Waals surface area contributed by atoms with Crippen molar-refractivity contribution >= 4 is 20.3 Å². The third-order valence-electron chi connectivity index (χ3n) is 0. The average Bonchev–Trinajstić information content (AvgIpc) is 1.46. The second kappa shape index (κ2) is 18.2. The Hall–Kier alpha value is 1.39. The van der Waals surface area contributed by atoms with Gasteiger partial charge in [0.05, 0.1) is 0 Å². The number of hydrogen-bond acceptors (Lipinski definition) is 1. The molecule has 1 nitrogen and oxygen atoms in total. The van der Waals surface area contributed by atoms with Crippen molar-refractivity contribution in [1.82, 2.24) is 0 Å². The number of halogens is 2. The maximum absolute atomic E-state index is 7.94. The van der Waals surface area contributed by atoms with E-state index in [2.05, 4.69) is 15.7 Å². The van der Waals surface area contributed by atoms with Crippen molar-refractivity contribution in [3.8, 4) is 0 Å². The molecule has 0 fully saturated rings. The van der Waals surface area contributed by atoms with Gasteiger partial charge in [-0.05, 0) is 0 Å². The molecule has 0 saturated carbocycles. The summed E-state index contributed by atoms with van der Waals surface area (Å²) in [6.45, 7) is 0. The Balaban J connectivity index is 0.